The number of aryl methyl sites for hydroxylation is 2. The molecule has 6 nitrogen and oxygen atoms in total. The fourth-order valence-electron chi connectivity index (χ4n) is 4.36. The second-order valence-electron chi connectivity index (χ2n) is 9.44. The van der Waals surface area contributed by atoms with E-state index in [1.165, 1.54) is 24.3 Å². The normalized spacial score (nSPS) is 13.0. The maximum Gasteiger partial charge on any atom is 0.411 e. The van der Waals surface area contributed by atoms with Gasteiger partial charge in [-0.1, -0.05) is 71.8 Å². The molecule has 0 atom stereocenters. The molecule has 0 aliphatic heterocycles. The van der Waals surface area contributed by atoms with E-state index in [-0.39, 0.29) is 0 Å². The number of halogens is 6. The van der Waals surface area contributed by atoms with Crippen LogP contribution in [0.4, 0.5) is 26.3 Å². The molecule has 4 aromatic carbocycles. The molecule has 0 N–H and O–H groups in total. The predicted octanol–water partition coefficient (Wildman–Crippen LogP) is 7.25. The lowest BCUT2D eigenvalue weighted by molar-refractivity contribution is -0.289. The summed E-state index contributed by atoms with van der Waals surface area (Å²) in [6.07, 6.45) is -12.5. The van der Waals surface area contributed by atoms with Gasteiger partial charge in [-0.15, -0.1) is 0 Å². The minimum atomic E-state index is -6.23. The van der Waals surface area contributed by atoms with E-state index in [0.29, 0.717) is 35.4 Å². The van der Waals surface area contributed by atoms with Gasteiger partial charge in [-0.05, 0) is 50.2 Å². The molecule has 0 aliphatic rings. The zero-order chi connectivity index (χ0) is 31.8. The average Bonchev–Trinajstić information content (AvgIpc) is 2.89. The van der Waals surface area contributed by atoms with Crippen LogP contribution in [0.25, 0.3) is 0 Å². The van der Waals surface area contributed by atoms with Crippen molar-refractivity contribution in [3.8, 4) is 11.5 Å². The molecule has 0 radical (unpaired) electrons. The molecule has 0 saturated carbocycles. The third kappa shape index (κ3) is 6.07. The minimum absolute atomic E-state index is 0.409. The van der Waals surface area contributed by atoms with Crippen LogP contribution in [0.15, 0.2) is 107 Å². The Bertz CT molecular complexity index is 1700. The topological polar surface area (TPSA) is 86.7 Å². The van der Waals surface area contributed by atoms with E-state index in [4.69, 9.17) is 8.37 Å². The van der Waals surface area contributed by atoms with Crippen LogP contribution < -0.4 is 8.37 Å². The van der Waals surface area contributed by atoms with E-state index in [0.717, 1.165) is 48.5 Å². The molecule has 4 rings (SSSR count). The smallest absolute Gasteiger partial charge is 0.379 e. The summed E-state index contributed by atoms with van der Waals surface area (Å²) in [5.41, 5.74) is -7.07. The molecule has 0 aliphatic carbocycles. The van der Waals surface area contributed by atoms with Crippen molar-refractivity contribution in [3.05, 3.63) is 119 Å². The standard InChI is InChI=1S/C29H22F6O6S2/c1-19-11-15-21(16-12-19)42(36,37)40-25-9-5-3-7-23(25)27(28(30,31)32,29(33,34)35)24-8-4-6-10-26(24)41-43(38,39)22-17-13-20(2)14-18-22/h3-18H,1-2H3. The van der Waals surface area contributed by atoms with Crippen molar-refractivity contribution in [2.45, 2.75) is 41.4 Å². The van der Waals surface area contributed by atoms with Crippen LogP contribution in [0.2, 0.25) is 0 Å². The Morgan fingerprint density at radius 3 is 1.09 bits per heavy atom. The maximum atomic E-state index is 15.1. The predicted molar refractivity (Wildman–Crippen MR) is 144 cm³/mol. The number of hydrogen-bond donors (Lipinski definition) is 0. The van der Waals surface area contributed by atoms with E-state index in [1.54, 1.807) is 13.8 Å². The Balaban J connectivity index is 1.98. The van der Waals surface area contributed by atoms with E-state index < -0.39 is 70.4 Å². The fourth-order valence-corrected chi connectivity index (χ4v) is 6.25. The molecule has 228 valence electrons. The van der Waals surface area contributed by atoms with Gasteiger partial charge in [0.2, 0.25) is 5.41 Å². The molecule has 0 heterocycles. The van der Waals surface area contributed by atoms with Crippen molar-refractivity contribution in [1.29, 1.82) is 0 Å². The average molecular weight is 645 g/mol. The van der Waals surface area contributed by atoms with Crippen LogP contribution in [-0.4, -0.2) is 29.2 Å². The van der Waals surface area contributed by atoms with Gasteiger partial charge in [-0.25, -0.2) is 0 Å². The van der Waals surface area contributed by atoms with Gasteiger partial charge in [0, 0.05) is 11.1 Å². The molecule has 0 saturated heterocycles. The molecule has 0 spiro atoms. The first-order chi connectivity index (χ1) is 19.9. The summed E-state index contributed by atoms with van der Waals surface area (Å²) in [5, 5.41) is 0. The van der Waals surface area contributed by atoms with Crippen LogP contribution in [0.1, 0.15) is 22.3 Å². The third-order valence-corrected chi connectivity index (χ3v) is 8.95. The van der Waals surface area contributed by atoms with E-state index in [2.05, 4.69) is 0 Å². The first-order valence-electron chi connectivity index (χ1n) is 12.2. The van der Waals surface area contributed by atoms with Gasteiger partial charge >= 0.3 is 32.6 Å². The maximum absolute atomic E-state index is 15.1. The van der Waals surface area contributed by atoms with E-state index in [1.807, 2.05) is 0 Å². The van der Waals surface area contributed by atoms with Crippen LogP contribution in [0.3, 0.4) is 0 Å². The van der Waals surface area contributed by atoms with Crippen LogP contribution in [0, 0.1) is 13.8 Å². The molecule has 43 heavy (non-hydrogen) atoms. The highest BCUT2D eigenvalue weighted by Crippen LogP contribution is 2.60. The van der Waals surface area contributed by atoms with Crippen molar-refractivity contribution in [3.63, 3.8) is 0 Å². The third-order valence-electron chi connectivity index (χ3n) is 6.45. The van der Waals surface area contributed by atoms with Crippen molar-refractivity contribution in [2.24, 2.45) is 0 Å². The molecule has 0 amide bonds. The molecule has 0 unspecified atom stereocenters. The van der Waals surface area contributed by atoms with Gasteiger partial charge in [0.05, 0.1) is 0 Å². The Morgan fingerprint density at radius 1 is 0.488 bits per heavy atom. The summed E-state index contributed by atoms with van der Waals surface area (Å²) in [7, 11) is -9.85. The zero-order valence-electron chi connectivity index (χ0n) is 22.3. The first kappa shape index (κ1) is 31.9. The first-order valence-corrected chi connectivity index (χ1v) is 15.1. The highest BCUT2D eigenvalue weighted by Gasteiger charge is 2.74. The summed E-state index contributed by atoms with van der Waals surface area (Å²) >= 11 is 0. The largest absolute Gasteiger partial charge is 0.411 e. The summed E-state index contributed by atoms with van der Waals surface area (Å²) in [4.78, 5) is -1.05. The number of hydrogen-bond acceptors (Lipinski definition) is 6. The Labute approximate surface area is 243 Å². The quantitative estimate of drug-likeness (QED) is 0.148. The summed E-state index contributed by atoms with van der Waals surface area (Å²) < 4.78 is 152. The Hall–Kier alpha value is -4.04. The molecule has 0 aromatic heterocycles. The van der Waals surface area contributed by atoms with Gasteiger partial charge in [-0.3, -0.25) is 0 Å². The summed E-state index contributed by atoms with van der Waals surface area (Å²) in [6, 6.07) is 15.5. The zero-order valence-corrected chi connectivity index (χ0v) is 23.9. The van der Waals surface area contributed by atoms with Crippen molar-refractivity contribution in [1.82, 2.24) is 0 Å². The number of benzene rings is 4. The van der Waals surface area contributed by atoms with Crippen LogP contribution in [0.5, 0.6) is 11.5 Å². The SMILES string of the molecule is Cc1ccc(S(=O)(=O)Oc2ccccc2C(c2ccccc2OS(=O)(=O)c2ccc(C)cc2)(C(F)(F)F)C(F)(F)F)cc1. The highest BCUT2D eigenvalue weighted by molar-refractivity contribution is 7.87. The Kier molecular flexibility index (Phi) is 8.33. The van der Waals surface area contributed by atoms with Crippen molar-refractivity contribution >= 4 is 20.2 Å². The van der Waals surface area contributed by atoms with Gasteiger partial charge < -0.3 is 8.37 Å². The van der Waals surface area contributed by atoms with Gasteiger partial charge in [0.15, 0.2) is 0 Å². The Morgan fingerprint density at radius 2 is 0.791 bits per heavy atom. The van der Waals surface area contributed by atoms with Gasteiger partial charge in [0.25, 0.3) is 0 Å². The molecule has 0 fully saturated rings. The van der Waals surface area contributed by atoms with Gasteiger partial charge in [-0.2, -0.15) is 43.2 Å². The van der Waals surface area contributed by atoms with Crippen LogP contribution >= 0.6 is 0 Å². The number of alkyl halides is 6. The lowest BCUT2D eigenvalue weighted by Gasteiger charge is -2.39. The van der Waals surface area contributed by atoms with Crippen molar-refractivity contribution in [2.75, 3.05) is 0 Å². The molecule has 4 aromatic rings. The fraction of sp³-hybridized carbons (Fsp3) is 0.172. The van der Waals surface area contributed by atoms with E-state index >= 15 is 26.3 Å². The number of para-hydroxylation sites is 2. The second kappa shape index (κ2) is 11.2. The van der Waals surface area contributed by atoms with Crippen molar-refractivity contribution < 1.29 is 51.5 Å². The monoisotopic (exact) mass is 644 g/mol. The molecule has 14 heteroatoms. The summed E-state index contributed by atoms with van der Waals surface area (Å²) in [5.74, 6) is -2.57. The van der Waals surface area contributed by atoms with E-state index in [9.17, 15) is 16.8 Å². The second-order valence-corrected chi connectivity index (χ2v) is 12.5. The van der Waals surface area contributed by atoms with Gasteiger partial charge in [0.1, 0.15) is 21.3 Å². The lowest BCUT2D eigenvalue weighted by Crippen LogP contribution is -2.55. The van der Waals surface area contributed by atoms with Crippen LogP contribution in [-0.2, 0) is 25.7 Å². The molecule has 0 bridgehead atoms. The molecular formula is C29H22F6O6S2. The number of rotatable bonds is 8. The lowest BCUT2D eigenvalue weighted by atomic mass is 9.72. The highest BCUT2D eigenvalue weighted by atomic mass is 32.2. The summed E-state index contributed by atoms with van der Waals surface area (Å²) in [6.45, 7) is 3.26. The molecular weight excluding hydrogens is 622 g/mol. The minimum Gasteiger partial charge on any atom is -0.379 e.